The molecule has 3 heterocycles. The lowest BCUT2D eigenvalue weighted by molar-refractivity contribution is -0.122. The Bertz CT molecular complexity index is 1110. The Labute approximate surface area is 191 Å². The molecule has 6 rings (SSSR count). The van der Waals surface area contributed by atoms with Crippen LogP contribution in [0.5, 0.6) is 23.0 Å². The van der Waals surface area contributed by atoms with E-state index in [-0.39, 0.29) is 18.2 Å². The Morgan fingerprint density at radius 3 is 2.52 bits per heavy atom. The highest BCUT2D eigenvalue weighted by Gasteiger charge is 2.42. The van der Waals surface area contributed by atoms with E-state index in [0.29, 0.717) is 48.4 Å². The van der Waals surface area contributed by atoms with Crippen molar-refractivity contribution in [2.75, 3.05) is 30.0 Å². The summed E-state index contributed by atoms with van der Waals surface area (Å²) >= 11 is 0. The van der Waals surface area contributed by atoms with Crippen molar-refractivity contribution < 1.29 is 28.5 Å². The van der Waals surface area contributed by atoms with Gasteiger partial charge in [0.2, 0.25) is 11.8 Å². The van der Waals surface area contributed by atoms with E-state index < -0.39 is 11.7 Å². The number of fused-ring (bicyclic) bond motifs is 2. The Hall–Kier alpha value is -3.42. The number of nitrogens with one attached hydrogen (secondary N) is 1. The second-order valence-electron chi connectivity index (χ2n) is 9.06. The fourth-order valence-corrected chi connectivity index (χ4v) is 5.04. The Kier molecular flexibility index (Phi) is 4.81. The van der Waals surface area contributed by atoms with Crippen LogP contribution in [0.2, 0.25) is 0 Å². The summed E-state index contributed by atoms with van der Waals surface area (Å²) in [7, 11) is 0. The zero-order valence-corrected chi connectivity index (χ0v) is 18.3. The van der Waals surface area contributed by atoms with Crippen molar-refractivity contribution in [3.05, 3.63) is 36.4 Å². The van der Waals surface area contributed by atoms with Crippen LogP contribution in [-0.4, -0.2) is 37.4 Å². The first-order valence-corrected chi connectivity index (χ1v) is 11.6. The summed E-state index contributed by atoms with van der Waals surface area (Å²) < 4.78 is 23.4. The molecule has 2 fully saturated rings. The van der Waals surface area contributed by atoms with E-state index in [1.165, 1.54) is 6.42 Å². The minimum absolute atomic E-state index is 0.0863. The van der Waals surface area contributed by atoms with Crippen molar-refractivity contribution >= 4 is 23.2 Å². The van der Waals surface area contributed by atoms with Gasteiger partial charge in [-0.15, -0.1) is 0 Å². The van der Waals surface area contributed by atoms with E-state index in [0.717, 1.165) is 31.4 Å². The maximum Gasteiger partial charge on any atom is 0.251 e. The van der Waals surface area contributed by atoms with Crippen molar-refractivity contribution in [3.8, 4) is 23.0 Å². The fraction of sp³-hybridized carbons (Fsp3) is 0.440. The van der Waals surface area contributed by atoms with Gasteiger partial charge in [-0.25, -0.2) is 0 Å². The lowest BCUT2D eigenvalue weighted by Crippen LogP contribution is -2.40. The van der Waals surface area contributed by atoms with Crippen LogP contribution in [-0.2, 0) is 9.59 Å². The monoisotopic (exact) mass is 450 g/mol. The molecule has 0 unspecified atom stereocenters. The smallest absolute Gasteiger partial charge is 0.251 e. The number of hydrogen-bond acceptors (Lipinski definition) is 6. The van der Waals surface area contributed by atoms with Crippen molar-refractivity contribution in [1.29, 1.82) is 0 Å². The van der Waals surface area contributed by atoms with Crippen LogP contribution in [0.15, 0.2) is 36.4 Å². The lowest BCUT2D eigenvalue weighted by Gasteiger charge is -2.31. The predicted octanol–water partition coefficient (Wildman–Crippen LogP) is 3.88. The van der Waals surface area contributed by atoms with Gasteiger partial charge in [-0.05, 0) is 37.1 Å². The van der Waals surface area contributed by atoms with Gasteiger partial charge in [0.05, 0.1) is 5.92 Å². The molecule has 4 aliphatic rings. The molecule has 8 nitrogen and oxygen atoms in total. The summed E-state index contributed by atoms with van der Waals surface area (Å²) in [5, 5.41) is 2.95. The highest BCUT2D eigenvalue weighted by Crippen LogP contribution is 2.46. The number of amides is 2. The van der Waals surface area contributed by atoms with E-state index in [9.17, 15) is 9.59 Å². The normalized spacial score (nSPS) is 22.5. The van der Waals surface area contributed by atoms with Gasteiger partial charge in [-0.3, -0.25) is 9.59 Å². The maximum atomic E-state index is 13.0. The minimum Gasteiger partial charge on any atom is -0.486 e. The molecule has 1 atom stereocenters. The molecular formula is C25H26N2O6. The summed E-state index contributed by atoms with van der Waals surface area (Å²) in [5.41, 5.74) is 1.35. The molecule has 8 heteroatoms. The Morgan fingerprint density at radius 2 is 1.67 bits per heavy atom. The lowest BCUT2D eigenvalue weighted by atomic mass is 9.94. The van der Waals surface area contributed by atoms with Crippen LogP contribution in [0.25, 0.3) is 0 Å². The first-order valence-electron chi connectivity index (χ1n) is 11.6. The quantitative estimate of drug-likeness (QED) is 0.764. The van der Waals surface area contributed by atoms with Crippen molar-refractivity contribution in [2.45, 2.75) is 44.3 Å². The molecule has 0 radical (unpaired) electrons. The summed E-state index contributed by atoms with van der Waals surface area (Å²) in [6, 6.07) is 10.9. The van der Waals surface area contributed by atoms with Crippen molar-refractivity contribution in [3.63, 3.8) is 0 Å². The molecule has 0 aromatic heterocycles. The SMILES string of the molecule is O=C(Nc1ccc2c(c1)OC1(CCCCC1)O2)[C@@H]1CC(=O)N(c2ccc3c(c2)OCCO3)C1. The van der Waals surface area contributed by atoms with E-state index in [1.807, 2.05) is 24.3 Å². The third-order valence-corrected chi connectivity index (χ3v) is 6.75. The number of anilines is 2. The summed E-state index contributed by atoms with van der Waals surface area (Å²) in [6.45, 7) is 1.31. The highest BCUT2D eigenvalue weighted by molar-refractivity contribution is 6.03. The Balaban J connectivity index is 1.13. The van der Waals surface area contributed by atoms with Gasteiger partial charge >= 0.3 is 0 Å². The minimum atomic E-state index is -0.550. The number of benzene rings is 2. The molecule has 33 heavy (non-hydrogen) atoms. The third-order valence-electron chi connectivity index (χ3n) is 6.75. The molecule has 1 aliphatic carbocycles. The van der Waals surface area contributed by atoms with Gasteiger partial charge in [0.15, 0.2) is 23.0 Å². The van der Waals surface area contributed by atoms with Crippen LogP contribution >= 0.6 is 0 Å². The van der Waals surface area contributed by atoms with Gasteiger partial charge in [-0.1, -0.05) is 6.42 Å². The molecule has 1 N–H and O–H groups in total. The van der Waals surface area contributed by atoms with Gasteiger partial charge in [0.1, 0.15) is 13.2 Å². The maximum absolute atomic E-state index is 13.0. The predicted molar refractivity (Wildman–Crippen MR) is 120 cm³/mol. The number of carbonyl (C=O) groups is 2. The first-order chi connectivity index (χ1) is 16.1. The van der Waals surface area contributed by atoms with Crippen LogP contribution in [0.4, 0.5) is 11.4 Å². The third kappa shape index (κ3) is 3.73. The van der Waals surface area contributed by atoms with E-state index in [4.69, 9.17) is 18.9 Å². The standard InChI is InChI=1S/C25H26N2O6/c28-23-12-16(15-27(23)18-5-7-19-21(14-18)31-11-10-30-19)24(29)26-17-4-6-20-22(13-17)33-25(32-20)8-2-1-3-9-25/h4-7,13-14,16H,1-3,8-12,15H2,(H,26,29)/t16-/m1/s1. The topological polar surface area (TPSA) is 86.3 Å². The second-order valence-corrected chi connectivity index (χ2v) is 9.06. The van der Waals surface area contributed by atoms with E-state index >= 15 is 0 Å². The number of rotatable bonds is 3. The van der Waals surface area contributed by atoms with Gasteiger partial charge in [0.25, 0.3) is 5.79 Å². The van der Waals surface area contributed by atoms with Gasteiger partial charge in [0, 0.05) is 49.3 Å². The van der Waals surface area contributed by atoms with Gasteiger partial charge in [-0.2, -0.15) is 0 Å². The fourth-order valence-electron chi connectivity index (χ4n) is 5.04. The molecule has 1 saturated carbocycles. The van der Waals surface area contributed by atoms with Crippen LogP contribution in [0.3, 0.4) is 0 Å². The molecule has 1 spiro atoms. The summed E-state index contributed by atoms with van der Waals surface area (Å²) in [5.74, 6) is 1.41. The highest BCUT2D eigenvalue weighted by atomic mass is 16.7. The van der Waals surface area contributed by atoms with Crippen LogP contribution in [0.1, 0.15) is 38.5 Å². The molecule has 1 saturated heterocycles. The van der Waals surface area contributed by atoms with Crippen molar-refractivity contribution in [1.82, 2.24) is 0 Å². The average molecular weight is 450 g/mol. The molecule has 0 bridgehead atoms. The average Bonchev–Trinajstić information content (AvgIpc) is 3.39. The molecule has 2 amide bonds. The second kappa shape index (κ2) is 7.86. The van der Waals surface area contributed by atoms with Crippen molar-refractivity contribution in [2.24, 2.45) is 5.92 Å². The first kappa shape index (κ1) is 20.2. The molecule has 2 aromatic rings. The van der Waals surface area contributed by atoms with Crippen LogP contribution in [0, 0.1) is 5.92 Å². The summed E-state index contributed by atoms with van der Waals surface area (Å²) in [4.78, 5) is 27.3. The van der Waals surface area contributed by atoms with E-state index in [1.54, 1.807) is 17.0 Å². The summed E-state index contributed by atoms with van der Waals surface area (Å²) in [6.07, 6.45) is 5.30. The van der Waals surface area contributed by atoms with E-state index in [2.05, 4.69) is 5.32 Å². The van der Waals surface area contributed by atoms with Gasteiger partial charge < -0.3 is 29.2 Å². The number of carbonyl (C=O) groups excluding carboxylic acids is 2. The molecule has 172 valence electrons. The van der Waals surface area contributed by atoms with Crippen LogP contribution < -0.4 is 29.2 Å². The Morgan fingerprint density at radius 1 is 0.909 bits per heavy atom. The number of ether oxygens (including phenoxy) is 4. The zero-order valence-electron chi connectivity index (χ0n) is 18.3. The molecule has 2 aromatic carbocycles. The number of hydrogen-bond donors (Lipinski definition) is 1. The molecular weight excluding hydrogens is 424 g/mol. The molecule has 3 aliphatic heterocycles. The zero-order chi connectivity index (χ0) is 22.4. The largest absolute Gasteiger partial charge is 0.486 e. The number of nitrogens with zero attached hydrogens (tertiary/aromatic N) is 1.